The molecule has 0 radical (unpaired) electrons. The molecule has 4 heteroatoms. The summed E-state index contributed by atoms with van der Waals surface area (Å²) in [5, 5.41) is 3.69. The molecule has 0 saturated carbocycles. The van der Waals surface area contributed by atoms with E-state index in [9.17, 15) is 4.79 Å². The van der Waals surface area contributed by atoms with Gasteiger partial charge in [0.2, 0.25) is 5.91 Å². The maximum atomic E-state index is 11.5. The van der Waals surface area contributed by atoms with Crippen molar-refractivity contribution in [3.05, 3.63) is 34.9 Å². The van der Waals surface area contributed by atoms with E-state index in [1.165, 1.54) is 0 Å². The van der Waals surface area contributed by atoms with Crippen LogP contribution in [0.25, 0.3) is 0 Å². The van der Waals surface area contributed by atoms with Crippen LogP contribution in [0.15, 0.2) is 24.3 Å². The zero-order valence-corrected chi connectivity index (χ0v) is 12.5. The third kappa shape index (κ3) is 6.31. The van der Waals surface area contributed by atoms with Crippen LogP contribution in [0.2, 0.25) is 5.02 Å². The fourth-order valence-corrected chi connectivity index (χ4v) is 2.56. The Bertz CT molecular complexity index is 382. The first-order valence-electron chi connectivity index (χ1n) is 6.17. The minimum absolute atomic E-state index is 0.104. The third-order valence-electron chi connectivity index (χ3n) is 2.49. The second kappa shape index (κ2) is 8.44. The second-order valence-electron chi connectivity index (χ2n) is 4.62. The molecule has 1 rings (SSSR count). The number of benzene rings is 1. The Morgan fingerprint density at radius 1 is 1.39 bits per heavy atom. The number of nitrogens with one attached hydrogen (secondary N) is 1. The van der Waals surface area contributed by atoms with Crippen molar-refractivity contribution in [3.63, 3.8) is 0 Å². The number of hydrogen-bond acceptors (Lipinski definition) is 2. The van der Waals surface area contributed by atoms with Crippen LogP contribution in [0, 0.1) is 5.92 Å². The number of halogens is 1. The molecule has 0 fully saturated rings. The summed E-state index contributed by atoms with van der Waals surface area (Å²) >= 11 is 7.64. The van der Waals surface area contributed by atoms with Crippen molar-refractivity contribution in [3.8, 4) is 0 Å². The van der Waals surface area contributed by atoms with Crippen molar-refractivity contribution in [1.29, 1.82) is 0 Å². The van der Waals surface area contributed by atoms with Gasteiger partial charge in [-0.1, -0.05) is 43.6 Å². The van der Waals surface area contributed by atoms with Crippen molar-refractivity contribution < 1.29 is 4.79 Å². The molecule has 0 atom stereocenters. The lowest BCUT2D eigenvalue weighted by molar-refractivity contribution is -0.118. The highest BCUT2D eigenvalue weighted by molar-refractivity contribution is 7.99. The maximum absolute atomic E-state index is 11.5. The number of carbonyl (C=O) groups excluding carboxylic acids is 1. The van der Waals surface area contributed by atoms with E-state index >= 15 is 0 Å². The lowest BCUT2D eigenvalue weighted by Gasteiger charge is -2.07. The van der Waals surface area contributed by atoms with Gasteiger partial charge in [-0.15, -0.1) is 11.8 Å². The Morgan fingerprint density at radius 3 is 2.78 bits per heavy atom. The minimum Gasteiger partial charge on any atom is -0.355 e. The van der Waals surface area contributed by atoms with Gasteiger partial charge < -0.3 is 5.32 Å². The average Bonchev–Trinajstić information content (AvgIpc) is 2.31. The highest BCUT2D eigenvalue weighted by Gasteiger charge is 2.04. The lowest BCUT2D eigenvalue weighted by atomic mass is 10.1. The topological polar surface area (TPSA) is 29.1 Å². The van der Waals surface area contributed by atoms with Gasteiger partial charge in [-0.2, -0.15) is 0 Å². The van der Waals surface area contributed by atoms with Crippen LogP contribution in [-0.2, 0) is 10.5 Å². The molecule has 0 aromatic heterocycles. The molecule has 100 valence electrons. The molecular weight excluding hydrogens is 266 g/mol. The van der Waals surface area contributed by atoms with E-state index in [0.717, 1.165) is 29.3 Å². The molecule has 0 aliphatic rings. The van der Waals surface area contributed by atoms with E-state index in [2.05, 4.69) is 19.2 Å². The Kier molecular flexibility index (Phi) is 7.21. The van der Waals surface area contributed by atoms with Gasteiger partial charge in [0.15, 0.2) is 0 Å². The number of thioether (sulfide) groups is 1. The van der Waals surface area contributed by atoms with Gasteiger partial charge in [0.05, 0.1) is 5.75 Å². The van der Waals surface area contributed by atoms with Crippen molar-refractivity contribution in [2.45, 2.75) is 26.0 Å². The van der Waals surface area contributed by atoms with Crippen LogP contribution in [0.4, 0.5) is 0 Å². The molecule has 18 heavy (non-hydrogen) atoms. The fraction of sp³-hybridized carbons (Fsp3) is 0.500. The maximum Gasteiger partial charge on any atom is 0.230 e. The molecule has 0 saturated heterocycles. The second-order valence-corrected chi connectivity index (χ2v) is 6.01. The van der Waals surface area contributed by atoms with E-state index in [1.807, 2.05) is 24.3 Å². The highest BCUT2D eigenvalue weighted by Crippen LogP contribution is 2.20. The van der Waals surface area contributed by atoms with Gasteiger partial charge >= 0.3 is 0 Å². The van der Waals surface area contributed by atoms with Crippen LogP contribution < -0.4 is 5.32 Å². The van der Waals surface area contributed by atoms with Crippen LogP contribution in [0.5, 0.6) is 0 Å². The van der Waals surface area contributed by atoms with Crippen LogP contribution in [-0.4, -0.2) is 18.2 Å². The molecule has 1 aromatic carbocycles. The molecular formula is C14H20ClNOS. The summed E-state index contributed by atoms with van der Waals surface area (Å²) in [5.74, 6) is 1.99. The summed E-state index contributed by atoms with van der Waals surface area (Å²) in [6, 6.07) is 7.74. The van der Waals surface area contributed by atoms with E-state index in [-0.39, 0.29) is 5.91 Å². The first kappa shape index (κ1) is 15.4. The van der Waals surface area contributed by atoms with E-state index < -0.39 is 0 Å². The Hall–Kier alpha value is -0.670. The summed E-state index contributed by atoms with van der Waals surface area (Å²) in [4.78, 5) is 11.5. The van der Waals surface area contributed by atoms with Crippen molar-refractivity contribution >= 4 is 29.3 Å². The smallest absolute Gasteiger partial charge is 0.230 e. The van der Waals surface area contributed by atoms with Gasteiger partial charge in [0.1, 0.15) is 0 Å². The van der Waals surface area contributed by atoms with Gasteiger partial charge in [-0.3, -0.25) is 4.79 Å². The van der Waals surface area contributed by atoms with E-state index in [0.29, 0.717) is 11.7 Å². The number of carbonyl (C=O) groups is 1. The average molecular weight is 286 g/mol. The molecule has 0 aliphatic heterocycles. The standard InChI is InChI=1S/C14H20ClNOS/c1-11(2)7-8-16-14(17)10-18-9-12-5-3-4-6-13(12)15/h3-6,11H,7-10H2,1-2H3,(H,16,17). The molecule has 1 aromatic rings. The van der Waals surface area contributed by atoms with Crippen LogP contribution in [0.1, 0.15) is 25.8 Å². The predicted molar refractivity (Wildman–Crippen MR) is 80.1 cm³/mol. The Labute approximate surface area is 118 Å². The summed E-state index contributed by atoms with van der Waals surface area (Å²) in [6.07, 6.45) is 1.03. The van der Waals surface area contributed by atoms with Gasteiger partial charge in [-0.25, -0.2) is 0 Å². The Balaban J connectivity index is 2.18. The largest absolute Gasteiger partial charge is 0.355 e. The molecule has 1 amide bonds. The Morgan fingerprint density at radius 2 is 2.11 bits per heavy atom. The van der Waals surface area contributed by atoms with E-state index in [1.54, 1.807) is 11.8 Å². The molecule has 0 spiro atoms. The summed E-state index contributed by atoms with van der Waals surface area (Å²) < 4.78 is 0. The zero-order valence-electron chi connectivity index (χ0n) is 10.9. The number of rotatable bonds is 7. The van der Waals surface area contributed by atoms with Crippen molar-refractivity contribution in [2.75, 3.05) is 12.3 Å². The molecule has 0 bridgehead atoms. The minimum atomic E-state index is 0.104. The summed E-state index contributed by atoms with van der Waals surface area (Å²) in [7, 11) is 0. The monoisotopic (exact) mass is 285 g/mol. The quantitative estimate of drug-likeness (QED) is 0.827. The first-order valence-corrected chi connectivity index (χ1v) is 7.70. The molecule has 1 N–H and O–H groups in total. The first-order chi connectivity index (χ1) is 8.59. The molecule has 0 aliphatic carbocycles. The summed E-state index contributed by atoms with van der Waals surface area (Å²) in [6.45, 7) is 5.07. The normalized spacial score (nSPS) is 10.7. The zero-order chi connectivity index (χ0) is 13.4. The molecule has 0 heterocycles. The fourth-order valence-electron chi connectivity index (χ4n) is 1.42. The predicted octanol–water partition coefficient (Wildman–Crippen LogP) is 3.74. The van der Waals surface area contributed by atoms with Gasteiger partial charge in [-0.05, 0) is 24.0 Å². The lowest BCUT2D eigenvalue weighted by Crippen LogP contribution is -2.26. The van der Waals surface area contributed by atoms with E-state index in [4.69, 9.17) is 11.6 Å². The van der Waals surface area contributed by atoms with Crippen LogP contribution in [0.3, 0.4) is 0 Å². The summed E-state index contributed by atoms with van der Waals surface area (Å²) in [5.41, 5.74) is 1.08. The number of amides is 1. The van der Waals surface area contributed by atoms with Crippen molar-refractivity contribution in [1.82, 2.24) is 5.32 Å². The third-order valence-corrected chi connectivity index (χ3v) is 3.84. The van der Waals surface area contributed by atoms with Crippen molar-refractivity contribution in [2.24, 2.45) is 5.92 Å². The molecule has 0 unspecified atom stereocenters. The number of hydrogen-bond donors (Lipinski definition) is 1. The van der Waals surface area contributed by atoms with Gasteiger partial charge in [0, 0.05) is 17.3 Å². The molecule has 2 nitrogen and oxygen atoms in total. The van der Waals surface area contributed by atoms with Gasteiger partial charge in [0.25, 0.3) is 0 Å². The van der Waals surface area contributed by atoms with Crippen LogP contribution >= 0.6 is 23.4 Å². The SMILES string of the molecule is CC(C)CCNC(=O)CSCc1ccccc1Cl. The highest BCUT2D eigenvalue weighted by atomic mass is 35.5.